The topological polar surface area (TPSA) is 37.0 Å². The Balaban J connectivity index is 2.57. The molecule has 0 aliphatic rings. The molecule has 3 nitrogen and oxygen atoms in total. The number of pyridine rings is 1. The van der Waals surface area contributed by atoms with Crippen LogP contribution in [0.4, 0.5) is 5.82 Å². The first-order chi connectivity index (χ1) is 9.19. The molecule has 1 rings (SSSR count). The predicted octanol–water partition coefficient (Wildman–Crippen LogP) is 3.74. The largest absolute Gasteiger partial charge is 0.370 e. The Morgan fingerprint density at radius 3 is 2.53 bits per heavy atom. The third-order valence-electron chi connectivity index (χ3n) is 3.50. The molecule has 0 atom stereocenters. The van der Waals surface area contributed by atoms with Gasteiger partial charge < -0.3 is 10.6 Å². The maximum absolute atomic E-state index is 4.56. The molecule has 1 heterocycles. The van der Waals surface area contributed by atoms with Crippen molar-refractivity contribution in [2.45, 2.75) is 53.5 Å². The van der Waals surface area contributed by atoms with Crippen LogP contribution in [0, 0.1) is 12.8 Å². The summed E-state index contributed by atoms with van der Waals surface area (Å²) in [5.41, 5.74) is 2.40. The molecule has 108 valence electrons. The minimum absolute atomic E-state index is 0.740. The fraction of sp³-hybridized carbons (Fsp3) is 0.688. The van der Waals surface area contributed by atoms with Gasteiger partial charge in [-0.05, 0) is 43.5 Å². The van der Waals surface area contributed by atoms with E-state index in [4.69, 9.17) is 0 Å². The van der Waals surface area contributed by atoms with Crippen molar-refractivity contribution in [1.29, 1.82) is 0 Å². The Morgan fingerprint density at radius 1 is 1.16 bits per heavy atom. The number of aromatic nitrogens is 1. The lowest BCUT2D eigenvalue weighted by molar-refractivity contribution is 0.518. The van der Waals surface area contributed by atoms with Crippen molar-refractivity contribution in [3.8, 4) is 0 Å². The SMILES string of the molecule is CCCNCc1cc(C)nc(NCC(CC)CC)c1. The van der Waals surface area contributed by atoms with Gasteiger partial charge in [0.05, 0.1) is 0 Å². The highest BCUT2D eigenvalue weighted by atomic mass is 15.0. The van der Waals surface area contributed by atoms with E-state index in [0.717, 1.165) is 37.1 Å². The summed E-state index contributed by atoms with van der Waals surface area (Å²) in [5, 5.41) is 6.92. The summed E-state index contributed by atoms with van der Waals surface area (Å²) in [6.45, 7) is 11.8. The zero-order valence-electron chi connectivity index (χ0n) is 12.9. The van der Waals surface area contributed by atoms with Crippen molar-refractivity contribution >= 4 is 5.82 Å². The van der Waals surface area contributed by atoms with Gasteiger partial charge in [0.1, 0.15) is 5.82 Å². The second-order valence-corrected chi connectivity index (χ2v) is 5.24. The number of hydrogen-bond acceptors (Lipinski definition) is 3. The minimum Gasteiger partial charge on any atom is -0.370 e. The average molecular weight is 263 g/mol. The number of hydrogen-bond donors (Lipinski definition) is 2. The van der Waals surface area contributed by atoms with Crippen molar-refractivity contribution in [3.63, 3.8) is 0 Å². The van der Waals surface area contributed by atoms with Crippen LogP contribution in [0.15, 0.2) is 12.1 Å². The average Bonchev–Trinajstić information content (AvgIpc) is 2.40. The number of anilines is 1. The lowest BCUT2D eigenvalue weighted by atomic mass is 10.0. The first-order valence-corrected chi connectivity index (χ1v) is 7.61. The smallest absolute Gasteiger partial charge is 0.126 e. The van der Waals surface area contributed by atoms with Gasteiger partial charge in [0.2, 0.25) is 0 Å². The van der Waals surface area contributed by atoms with Crippen LogP contribution in [0.3, 0.4) is 0 Å². The zero-order valence-corrected chi connectivity index (χ0v) is 12.9. The highest BCUT2D eigenvalue weighted by molar-refractivity contribution is 5.39. The molecular weight excluding hydrogens is 234 g/mol. The molecule has 0 amide bonds. The summed E-state index contributed by atoms with van der Waals surface area (Å²) in [5.74, 6) is 1.75. The van der Waals surface area contributed by atoms with Crippen molar-refractivity contribution in [3.05, 3.63) is 23.4 Å². The molecule has 3 heteroatoms. The minimum atomic E-state index is 0.740. The second-order valence-electron chi connectivity index (χ2n) is 5.24. The van der Waals surface area contributed by atoms with E-state index in [9.17, 15) is 0 Å². The van der Waals surface area contributed by atoms with Gasteiger partial charge in [-0.3, -0.25) is 0 Å². The molecule has 1 aromatic heterocycles. The van der Waals surface area contributed by atoms with Crippen LogP contribution in [-0.4, -0.2) is 18.1 Å². The summed E-state index contributed by atoms with van der Waals surface area (Å²) in [6, 6.07) is 4.32. The summed E-state index contributed by atoms with van der Waals surface area (Å²) in [6.07, 6.45) is 3.62. The van der Waals surface area contributed by atoms with Gasteiger partial charge in [-0.1, -0.05) is 33.6 Å². The molecule has 1 aromatic rings. The lowest BCUT2D eigenvalue weighted by Gasteiger charge is -2.15. The van der Waals surface area contributed by atoms with Gasteiger partial charge in [-0.2, -0.15) is 0 Å². The Morgan fingerprint density at radius 2 is 1.89 bits per heavy atom. The van der Waals surface area contributed by atoms with E-state index in [1.165, 1.54) is 24.8 Å². The molecule has 0 fully saturated rings. The molecule has 2 N–H and O–H groups in total. The molecule has 0 aromatic carbocycles. The normalized spacial score (nSPS) is 11.0. The zero-order chi connectivity index (χ0) is 14.1. The van der Waals surface area contributed by atoms with Gasteiger partial charge in [0.15, 0.2) is 0 Å². The number of rotatable bonds is 9. The van der Waals surface area contributed by atoms with E-state index in [0.29, 0.717) is 0 Å². The van der Waals surface area contributed by atoms with Crippen molar-refractivity contribution < 1.29 is 0 Å². The summed E-state index contributed by atoms with van der Waals surface area (Å²) in [7, 11) is 0. The summed E-state index contributed by atoms with van der Waals surface area (Å²) >= 11 is 0. The first kappa shape index (κ1) is 16.0. The summed E-state index contributed by atoms with van der Waals surface area (Å²) < 4.78 is 0. The van der Waals surface area contributed by atoms with Crippen LogP contribution in [0.2, 0.25) is 0 Å². The van der Waals surface area contributed by atoms with Gasteiger partial charge in [-0.25, -0.2) is 4.98 Å². The van der Waals surface area contributed by atoms with Crippen molar-refractivity contribution in [2.24, 2.45) is 5.92 Å². The Bertz CT molecular complexity index is 359. The molecule has 0 bridgehead atoms. The summed E-state index contributed by atoms with van der Waals surface area (Å²) in [4.78, 5) is 4.56. The van der Waals surface area contributed by atoms with Crippen LogP contribution in [-0.2, 0) is 6.54 Å². The van der Waals surface area contributed by atoms with Gasteiger partial charge >= 0.3 is 0 Å². The molecule has 0 saturated carbocycles. The number of nitrogens with zero attached hydrogens (tertiary/aromatic N) is 1. The first-order valence-electron chi connectivity index (χ1n) is 7.61. The van der Waals surface area contributed by atoms with Crippen LogP contribution < -0.4 is 10.6 Å². The molecule has 0 radical (unpaired) electrons. The number of aryl methyl sites for hydroxylation is 1. The Kier molecular flexibility index (Phi) is 7.49. The van der Waals surface area contributed by atoms with E-state index >= 15 is 0 Å². The maximum atomic E-state index is 4.56. The molecule has 0 saturated heterocycles. The van der Waals surface area contributed by atoms with E-state index in [1.807, 2.05) is 0 Å². The molecule has 0 unspecified atom stereocenters. The molecule has 19 heavy (non-hydrogen) atoms. The molecule has 0 aliphatic carbocycles. The Hall–Kier alpha value is -1.09. The van der Waals surface area contributed by atoms with E-state index < -0.39 is 0 Å². The Labute approximate surface area is 118 Å². The predicted molar refractivity (Wildman–Crippen MR) is 83.5 cm³/mol. The van der Waals surface area contributed by atoms with Crippen LogP contribution in [0.1, 0.15) is 51.3 Å². The van der Waals surface area contributed by atoms with E-state index in [1.54, 1.807) is 0 Å². The number of nitrogens with one attached hydrogen (secondary N) is 2. The van der Waals surface area contributed by atoms with Crippen LogP contribution >= 0.6 is 0 Å². The van der Waals surface area contributed by atoms with E-state index in [2.05, 4.69) is 55.4 Å². The molecule has 0 aliphatic heterocycles. The van der Waals surface area contributed by atoms with Crippen LogP contribution in [0.25, 0.3) is 0 Å². The second kappa shape index (κ2) is 8.92. The monoisotopic (exact) mass is 263 g/mol. The lowest BCUT2D eigenvalue weighted by Crippen LogP contribution is -2.16. The third-order valence-corrected chi connectivity index (χ3v) is 3.50. The third kappa shape index (κ3) is 6.06. The highest BCUT2D eigenvalue weighted by Crippen LogP contribution is 2.13. The fourth-order valence-electron chi connectivity index (χ4n) is 2.17. The highest BCUT2D eigenvalue weighted by Gasteiger charge is 2.05. The van der Waals surface area contributed by atoms with Crippen LogP contribution in [0.5, 0.6) is 0 Å². The molecular formula is C16H29N3. The fourth-order valence-corrected chi connectivity index (χ4v) is 2.17. The van der Waals surface area contributed by atoms with E-state index in [-0.39, 0.29) is 0 Å². The van der Waals surface area contributed by atoms with Gasteiger partial charge in [0, 0.05) is 18.8 Å². The quantitative estimate of drug-likeness (QED) is 0.666. The van der Waals surface area contributed by atoms with Gasteiger partial charge in [0.25, 0.3) is 0 Å². The van der Waals surface area contributed by atoms with Gasteiger partial charge in [-0.15, -0.1) is 0 Å². The van der Waals surface area contributed by atoms with Crippen molar-refractivity contribution in [1.82, 2.24) is 10.3 Å². The maximum Gasteiger partial charge on any atom is 0.126 e. The van der Waals surface area contributed by atoms with Crippen molar-refractivity contribution in [2.75, 3.05) is 18.4 Å². The standard InChI is InChI=1S/C16H29N3/c1-5-8-17-11-15-9-13(4)19-16(10-15)18-12-14(6-2)7-3/h9-10,14,17H,5-8,11-12H2,1-4H3,(H,18,19). The molecule has 0 spiro atoms.